The van der Waals surface area contributed by atoms with Crippen molar-refractivity contribution in [2.45, 2.75) is 40.0 Å². The predicted octanol–water partition coefficient (Wildman–Crippen LogP) is 3.26. The molecule has 0 fully saturated rings. The van der Waals surface area contributed by atoms with Crippen molar-refractivity contribution in [1.82, 2.24) is 9.97 Å². The van der Waals surface area contributed by atoms with E-state index in [0.717, 1.165) is 6.42 Å². The number of hydrogen-bond donors (Lipinski definition) is 1. The first-order chi connectivity index (χ1) is 11.5. The molecule has 0 saturated carbocycles. The number of hydrogen-bond acceptors (Lipinski definition) is 5. The molecule has 0 aliphatic heterocycles. The maximum atomic E-state index is 12.3. The zero-order chi connectivity index (χ0) is 17.7. The third-order valence-electron chi connectivity index (χ3n) is 3.68. The number of rotatable bonds is 7. The second kappa shape index (κ2) is 7.72. The molecule has 0 bridgehead atoms. The van der Waals surface area contributed by atoms with Gasteiger partial charge in [-0.15, -0.1) is 0 Å². The molecule has 1 heterocycles. The number of benzene rings is 1. The maximum Gasteiger partial charge on any atom is 0.270 e. The minimum Gasteiger partial charge on any atom is -0.493 e. The van der Waals surface area contributed by atoms with E-state index < -0.39 is 4.92 Å². The van der Waals surface area contributed by atoms with Crippen LogP contribution in [0.1, 0.15) is 38.4 Å². The van der Waals surface area contributed by atoms with Gasteiger partial charge in [0.05, 0.1) is 22.8 Å². The highest BCUT2D eigenvalue weighted by Crippen LogP contribution is 2.31. The van der Waals surface area contributed by atoms with E-state index in [1.54, 1.807) is 6.07 Å². The molecular formula is C17H21N3O4. The van der Waals surface area contributed by atoms with Gasteiger partial charge in [0.25, 0.3) is 11.2 Å². The van der Waals surface area contributed by atoms with E-state index in [1.807, 2.05) is 20.8 Å². The number of nitro groups is 1. The normalized spacial score (nSPS) is 10.6. The average molecular weight is 331 g/mol. The van der Waals surface area contributed by atoms with Gasteiger partial charge in [-0.25, -0.2) is 4.98 Å². The Morgan fingerprint density at radius 1 is 1.25 bits per heavy atom. The van der Waals surface area contributed by atoms with Gasteiger partial charge < -0.3 is 9.72 Å². The predicted molar refractivity (Wildman–Crippen MR) is 91.5 cm³/mol. The Balaban J connectivity index is 2.64. The molecule has 128 valence electrons. The largest absolute Gasteiger partial charge is 0.493 e. The molecule has 1 aromatic heterocycles. The van der Waals surface area contributed by atoms with Crippen LogP contribution in [0.2, 0.25) is 0 Å². The number of aromatic nitrogens is 2. The molecular weight excluding hydrogens is 310 g/mol. The SMILES string of the molecule is CCCOc1ccc([N+](=O)[O-])cc1-c1nc(CC)c(CC)c(=O)[nH]1. The summed E-state index contributed by atoms with van der Waals surface area (Å²) < 4.78 is 5.66. The number of non-ortho nitro benzene ring substituents is 1. The van der Waals surface area contributed by atoms with Gasteiger partial charge in [0, 0.05) is 17.7 Å². The zero-order valence-electron chi connectivity index (χ0n) is 14.1. The molecule has 0 atom stereocenters. The quantitative estimate of drug-likeness (QED) is 0.620. The van der Waals surface area contributed by atoms with Crippen LogP contribution in [0.3, 0.4) is 0 Å². The first-order valence-electron chi connectivity index (χ1n) is 8.05. The van der Waals surface area contributed by atoms with Gasteiger partial charge in [0.15, 0.2) is 0 Å². The minimum absolute atomic E-state index is 0.0749. The molecule has 0 aliphatic carbocycles. The summed E-state index contributed by atoms with van der Waals surface area (Å²) in [4.78, 5) is 30.1. The highest BCUT2D eigenvalue weighted by Gasteiger charge is 2.17. The molecule has 7 heteroatoms. The van der Waals surface area contributed by atoms with E-state index >= 15 is 0 Å². The second-order valence-electron chi connectivity index (χ2n) is 5.33. The third-order valence-corrected chi connectivity index (χ3v) is 3.68. The van der Waals surface area contributed by atoms with Crippen LogP contribution in [0, 0.1) is 10.1 Å². The van der Waals surface area contributed by atoms with Gasteiger partial charge in [-0.3, -0.25) is 14.9 Å². The summed E-state index contributed by atoms with van der Waals surface area (Å²) in [6, 6.07) is 4.31. The Morgan fingerprint density at radius 2 is 2.00 bits per heavy atom. The fraction of sp³-hybridized carbons (Fsp3) is 0.412. The Morgan fingerprint density at radius 3 is 2.58 bits per heavy atom. The van der Waals surface area contributed by atoms with Crippen LogP contribution >= 0.6 is 0 Å². The van der Waals surface area contributed by atoms with E-state index in [4.69, 9.17) is 4.74 Å². The lowest BCUT2D eigenvalue weighted by Gasteiger charge is -2.12. The van der Waals surface area contributed by atoms with Crippen molar-refractivity contribution in [3.8, 4) is 17.1 Å². The Kier molecular flexibility index (Phi) is 5.68. The summed E-state index contributed by atoms with van der Waals surface area (Å²) in [6.45, 7) is 6.26. The van der Waals surface area contributed by atoms with Crippen molar-refractivity contribution in [2.24, 2.45) is 0 Å². The van der Waals surface area contributed by atoms with Crippen LogP contribution in [-0.4, -0.2) is 21.5 Å². The van der Waals surface area contributed by atoms with Gasteiger partial charge in [-0.05, 0) is 25.3 Å². The molecule has 0 radical (unpaired) electrons. The summed E-state index contributed by atoms with van der Waals surface area (Å²) >= 11 is 0. The smallest absolute Gasteiger partial charge is 0.270 e. The Bertz CT molecular complexity index is 799. The maximum absolute atomic E-state index is 12.3. The van der Waals surface area contributed by atoms with Crippen LogP contribution < -0.4 is 10.3 Å². The number of nitro benzene ring substituents is 1. The van der Waals surface area contributed by atoms with Crippen LogP contribution in [-0.2, 0) is 12.8 Å². The fourth-order valence-electron chi connectivity index (χ4n) is 2.48. The molecule has 2 aromatic rings. The highest BCUT2D eigenvalue weighted by molar-refractivity contribution is 5.67. The number of aromatic amines is 1. The molecule has 0 aliphatic rings. The number of H-pyrrole nitrogens is 1. The first kappa shape index (κ1) is 17.7. The van der Waals surface area contributed by atoms with Crippen LogP contribution in [0.15, 0.2) is 23.0 Å². The van der Waals surface area contributed by atoms with E-state index in [2.05, 4.69) is 9.97 Å². The van der Waals surface area contributed by atoms with Gasteiger partial charge >= 0.3 is 0 Å². The zero-order valence-corrected chi connectivity index (χ0v) is 14.1. The third kappa shape index (κ3) is 3.61. The highest BCUT2D eigenvalue weighted by atomic mass is 16.6. The van der Waals surface area contributed by atoms with Crippen molar-refractivity contribution in [3.63, 3.8) is 0 Å². The standard InChI is InChI=1S/C17H21N3O4/c1-4-9-24-15-8-7-11(20(22)23)10-13(15)16-18-14(6-3)12(5-2)17(21)19-16/h7-8,10H,4-6,9H2,1-3H3,(H,18,19,21). The molecule has 24 heavy (non-hydrogen) atoms. The average Bonchev–Trinajstić information content (AvgIpc) is 2.58. The summed E-state index contributed by atoms with van der Waals surface area (Å²) in [6.07, 6.45) is 2.00. The van der Waals surface area contributed by atoms with Gasteiger partial charge in [0.2, 0.25) is 0 Å². The van der Waals surface area contributed by atoms with Crippen molar-refractivity contribution < 1.29 is 9.66 Å². The van der Waals surface area contributed by atoms with Crippen molar-refractivity contribution in [1.29, 1.82) is 0 Å². The fourth-order valence-corrected chi connectivity index (χ4v) is 2.48. The summed E-state index contributed by atoms with van der Waals surface area (Å²) in [7, 11) is 0. The lowest BCUT2D eigenvalue weighted by atomic mass is 10.1. The first-order valence-corrected chi connectivity index (χ1v) is 8.05. The summed E-state index contributed by atoms with van der Waals surface area (Å²) in [5.41, 5.74) is 1.47. The van der Waals surface area contributed by atoms with E-state index in [9.17, 15) is 14.9 Å². The molecule has 0 unspecified atom stereocenters. The monoisotopic (exact) mass is 331 g/mol. The molecule has 1 aromatic carbocycles. The summed E-state index contributed by atoms with van der Waals surface area (Å²) in [5, 5.41) is 11.1. The molecule has 2 rings (SSSR count). The lowest BCUT2D eigenvalue weighted by Crippen LogP contribution is -2.18. The molecule has 1 N–H and O–H groups in total. The molecule has 7 nitrogen and oxygen atoms in total. The van der Waals surface area contributed by atoms with E-state index in [-0.39, 0.29) is 11.2 Å². The topological polar surface area (TPSA) is 98.1 Å². The van der Waals surface area contributed by atoms with Crippen molar-refractivity contribution in [2.75, 3.05) is 6.61 Å². The van der Waals surface area contributed by atoms with Crippen molar-refractivity contribution >= 4 is 5.69 Å². The van der Waals surface area contributed by atoms with Crippen LogP contribution in [0.5, 0.6) is 5.75 Å². The van der Waals surface area contributed by atoms with Gasteiger partial charge in [-0.2, -0.15) is 0 Å². The van der Waals surface area contributed by atoms with Gasteiger partial charge in [-0.1, -0.05) is 20.8 Å². The van der Waals surface area contributed by atoms with E-state index in [1.165, 1.54) is 12.1 Å². The van der Waals surface area contributed by atoms with Crippen molar-refractivity contribution in [3.05, 3.63) is 49.9 Å². The number of nitrogens with zero attached hydrogens (tertiary/aromatic N) is 2. The minimum atomic E-state index is -0.480. The lowest BCUT2D eigenvalue weighted by molar-refractivity contribution is -0.384. The second-order valence-corrected chi connectivity index (χ2v) is 5.33. The van der Waals surface area contributed by atoms with Crippen LogP contribution in [0.25, 0.3) is 11.4 Å². The molecule has 0 spiro atoms. The molecule has 0 saturated heterocycles. The number of nitrogens with one attached hydrogen (secondary N) is 1. The number of aryl methyl sites for hydroxylation is 1. The van der Waals surface area contributed by atoms with Crippen LogP contribution in [0.4, 0.5) is 5.69 Å². The Hall–Kier alpha value is -2.70. The summed E-state index contributed by atoms with van der Waals surface area (Å²) in [5.74, 6) is 0.765. The Labute approximate surface area is 139 Å². The van der Waals surface area contributed by atoms with E-state index in [0.29, 0.717) is 47.8 Å². The molecule has 0 amide bonds. The number of ether oxygens (including phenoxy) is 1. The van der Waals surface area contributed by atoms with Gasteiger partial charge in [0.1, 0.15) is 11.6 Å².